The standard InChI is InChI=1S/C19H17ClN2O/c20-13-6-7-16-15(8-10-21-18(16)12-13)17-9-11-22(19(17)23)14-4-2-1-3-5-14/h1-7,12,21H,8-11H2. The number of amides is 1. The summed E-state index contributed by atoms with van der Waals surface area (Å²) in [5.41, 5.74) is 5.22. The zero-order valence-corrected chi connectivity index (χ0v) is 13.4. The van der Waals surface area contributed by atoms with E-state index in [1.807, 2.05) is 53.4 Å². The fraction of sp³-hybridized carbons (Fsp3) is 0.211. The second-order valence-corrected chi connectivity index (χ2v) is 6.30. The van der Waals surface area contributed by atoms with Crippen LogP contribution in [0.15, 0.2) is 54.1 Å². The van der Waals surface area contributed by atoms with E-state index in [2.05, 4.69) is 5.32 Å². The Morgan fingerprint density at radius 2 is 1.83 bits per heavy atom. The highest BCUT2D eigenvalue weighted by Gasteiger charge is 2.31. The smallest absolute Gasteiger partial charge is 0.254 e. The average Bonchev–Trinajstić information content (AvgIpc) is 2.96. The molecule has 116 valence electrons. The lowest BCUT2D eigenvalue weighted by atomic mass is 9.92. The van der Waals surface area contributed by atoms with Gasteiger partial charge in [-0.05, 0) is 42.7 Å². The van der Waals surface area contributed by atoms with E-state index in [-0.39, 0.29) is 5.91 Å². The Morgan fingerprint density at radius 3 is 2.65 bits per heavy atom. The number of nitrogens with one attached hydrogen (secondary N) is 1. The molecule has 2 heterocycles. The summed E-state index contributed by atoms with van der Waals surface area (Å²) in [6.45, 7) is 1.59. The number of para-hydroxylation sites is 1. The highest BCUT2D eigenvalue weighted by atomic mass is 35.5. The molecule has 2 aromatic rings. The summed E-state index contributed by atoms with van der Waals surface area (Å²) in [5, 5.41) is 4.09. The molecule has 0 aromatic heterocycles. The molecule has 3 nitrogen and oxygen atoms in total. The predicted octanol–water partition coefficient (Wildman–Crippen LogP) is 4.35. The number of halogens is 1. The molecule has 4 rings (SSSR count). The van der Waals surface area contributed by atoms with E-state index in [9.17, 15) is 4.79 Å². The maximum Gasteiger partial charge on any atom is 0.254 e. The minimum absolute atomic E-state index is 0.133. The van der Waals surface area contributed by atoms with Gasteiger partial charge in [-0.15, -0.1) is 0 Å². The lowest BCUT2D eigenvalue weighted by Crippen LogP contribution is -2.25. The normalized spacial score (nSPS) is 20.4. The molecule has 0 aliphatic carbocycles. The van der Waals surface area contributed by atoms with Gasteiger partial charge < -0.3 is 10.2 Å². The van der Waals surface area contributed by atoms with Crippen LogP contribution < -0.4 is 10.2 Å². The van der Waals surface area contributed by atoms with Gasteiger partial charge in [-0.2, -0.15) is 0 Å². The van der Waals surface area contributed by atoms with Gasteiger partial charge in [0.1, 0.15) is 0 Å². The summed E-state index contributed by atoms with van der Waals surface area (Å²) in [6.07, 6.45) is 1.67. The van der Waals surface area contributed by atoms with E-state index in [0.29, 0.717) is 5.02 Å². The lowest BCUT2D eigenvalue weighted by Gasteiger charge is -2.23. The van der Waals surface area contributed by atoms with Crippen LogP contribution in [-0.2, 0) is 4.79 Å². The summed E-state index contributed by atoms with van der Waals surface area (Å²) >= 11 is 6.08. The number of fused-ring (bicyclic) bond motifs is 1. The van der Waals surface area contributed by atoms with Crippen molar-refractivity contribution in [1.82, 2.24) is 0 Å². The molecule has 1 saturated heterocycles. The zero-order valence-electron chi connectivity index (χ0n) is 12.7. The van der Waals surface area contributed by atoms with E-state index in [1.54, 1.807) is 0 Å². The molecule has 1 amide bonds. The van der Waals surface area contributed by atoms with E-state index < -0.39 is 0 Å². The maximum atomic E-state index is 12.9. The molecular formula is C19H17ClN2O. The van der Waals surface area contributed by atoms with Crippen molar-refractivity contribution in [2.75, 3.05) is 23.3 Å². The van der Waals surface area contributed by atoms with Crippen LogP contribution in [0.5, 0.6) is 0 Å². The molecule has 2 aliphatic rings. The monoisotopic (exact) mass is 324 g/mol. The van der Waals surface area contributed by atoms with Crippen LogP contribution in [0.25, 0.3) is 5.57 Å². The van der Waals surface area contributed by atoms with Gasteiger partial charge in [0.25, 0.3) is 5.91 Å². The number of rotatable bonds is 1. The second kappa shape index (κ2) is 5.74. The molecule has 2 aliphatic heterocycles. The van der Waals surface area contributed by atoms with Gasteiger partial charge in [0.2, 0.25) is 0 Å². The highest BCUT2D eigenvalue weighted by Crippen LogP contribution is 2.38. The van der Waals surface area contributed by atoms with Crippen LogP contribution in [0.4, 0.5) is 11.4 Å². The fourth-order valence-corrected chi connectivity index (χ4v) is 3.60. The summed E-state index contributed by atoms with van der Waals surface area (Å²) in [7, 11) is 0. The van der Waals surface area contributed by atoms with Crippen LogP contribution in [-0.4, -0.2) is 19.0 Å². The molecular weight excluding hydrogens is 308 g/mol. The molecule has 0 bridgehead atoms. The third kappa shape index (κ3) is 2.51. The molecule has 1 fully saturated rings. The van der Waals surface area contributed by atoms with Crippen molar-refractivity contribution in [2.24, 2.45) is 0 Å². The van der Waals surface area contributed by atoms with Crippen LogP contribution in [0.1, 0.15) is 18.4 Å². The first-order valence-electron chi connectivity index (χ1n) is 7.87. The Labute approximate surface area is 140 Å². The number of anilines is 2. The quantitative estimate of drug-likeness (QED) is 0.791. The topological polar surface area (TPSA) is 32.3 Å². The van der Waals surface area contributed by atoms with Crippen molar-refractivity contribution < 1.29 is 4.79 Å². The van der Waals surface area contributed by atoms with Crippen molar-refractivity contribution >= 4 is 34.5 Å². The highest BCUT2D eigenvalue weighted by molar-refractivity contribution is 6.31. The lowest BCUT2D eigenvalue weighted by molar-refractivity contribution is -0.114. The first kappa shape index (κ1) is 14.3. The van der Waals surface area contributed by atoms with Crippen LogP contribution in [0, 0.1) is 0 Å². The molecule has 0 radical (unpaired) electrons. The third-order valence-corrected chi connectivity index (χ3v) is 4.75. The Balaban J connectivity index is 1.74. The molecule has 0 saturated carbocycles. The van der Waals surface area contributed by atoms with E-state index in [1.165, 1.54) is 5.57 Å². The Hall–Kier alpha value is -2.26. The third-order valence-electron chi connectivity index (χ3n) is 4.52. The maximum absolute atomic E-state index is 12.9. The van der Waals surface area contributed by atoms with Crippen molar-refractivity contribution in [1.29, 1.82) is 0 Å². The molecule has 4 heteroatoms. The number of carbonyl (C=O) groups is 1. The van der Waals surface area contributed by atoms with E-state index in [0.717, 1.165) is 48.4 Å². The van der Waals surface area contributed by atoms with Gasteiger partial charge in [-0.25, -0.2) is 0 Å². The molecule has 0 spiro atoms. The number of carbonyl (C=O) groups excluding carboxylic acids is 1. The molecule has 0 atom stereocenters. The Kier molecular flexibility index (Phi) is 3.58. The first-order chi connectivity index (χ1) is 11.2. The van der Waals surface area contributed by atoms with Gasteiger partial charge in [0.05, 0.1) is 0 Å². The van der Waals surface area contributed by atoms with Crippen molar-refractivity contribution in [3.8, 4) is 0 Å². The zero-order chi connectivity index (χ0) is 15.8. The summed E-state index contributed by atoms with van der Waals surface area (Å²) in [5.74, 6) is 0.133. The second-order valence-electron chi connectivity index (χ2n) is 5.87. The van der Waals surface area contributed by atoms with Gasteiger partial charge in [0.15, 0.2) is 0 Å². The SMILES string of the molecule is O=C1C(=C2CCNc3cc(Cl)ccc32)CCN1c1ccccc1. The van der Waals surface area contributed by atoms with Crippen LogP contribution >= 0.6 is 11.6 Å². The average molecular weight is 325 g/mol. The molecule has 23 heavy (non-hydrogen) atoms. The van der Waals surface area contributed by atoms with Crippen LogP contribution in [0.2, 0.25) is 5.02 Å². The molecule has 1 N–H and O–H groups in total. The minimum atomic E-state index is 0.133. The van der Waals surface area contributed by atoms with Gasteiger partial charge in [-0.1, -0.05) is 35.9 Å². The van der Waals surface area contributed by atoms with Gasteiger partial charge in [-0.3, -0.25) is 4.79 Å². The molecule has 0 unspecified atom stereocenters. The largest absolute Gasteiger partial charge is 0.384 e. The Morgan fingerprint density at radius 1 is 1.00 bits per heavy atom. The first-order valence-corrected chi connectivity index (χ1v) is 8.24. The number of hydrogen-bond acceptors (Lipinski definition) is 2. The molecule has 2 aromatic carbocycles. The summed E-state index contributed by atoms with van der Waals surface area (Å²) < 4.78 is 0. The summed E-state index contributed by atoms with van der Waals surface area (Å²) in [4.78, 5) is 14.8. The van der Waals surface area contributed by atoms with E-state index >= 15 is 0 Å². The van der Waals surface area contributed by atoms with Crippen LogP contribution in [0.3, 0.4) is 0 Å². The van der Waals surface area contributed by atoms with Crippen molar-refractivity contribution in [3.63, 3.8) is 0 Å². The minimum Gasteiger partial charge on any atom is -0.384 e. The number of benzene rings is 2. The van der Waals surface area contributed by atoms with Crippen molar-refractivity contribution in [2.45, 2.75) is 12.8 Å². The fourth-order valence-electron chi connectivity index (χ4n) is 3.43. The Bertz CT molecular complexity index is 798. The number of nitrogens with zero attached hydrogens (tertiary/aromatic N) is 1. The van der Waals surface area contributed by atoms with Gasteiger partial charge in [0, 0.05) is 40.6 Å². The predicted molar refractivity (Wildman–Crippen MR) is 94.9 cm³/mol. The van der Waals surface area contributed by atoms with Gasteiger partial charge >= 0.3 is 0 Å². The van der Waals surface area contributed by atoms with E-state index in [4.69, 9.17) is 11.6 Å². The number of hydrogen-bond donors (Lipinski definition) is 1. The summed E-state index contributed by atoms with van der Waals surface area (Å²) in [6, 6.07) is 15.7. The van der Waals surface area contributed by atoms with Crippen molar-refractivity contribution in [3.05, 3.63) is 64.7 Å².